The number of thiazole rings is 1. The van der Waals surface area contributed by atoms with Crippen LogP contribution in [-0.2, 0) is 13.0 Å². The minimum Gasteiger partial charge on any atom is -0.309 e. The molecule has 0 saturated carbocycles. The Bertz CT molecular complexity index is 422. The highest BCUT2D eigenvalue weighted by atomic mass is 32.1. The van der Waals surface area contributed by atoms with Crippen LogP contribution in [0.3, 0.4) is 0 Å². The predicted molar refractivity (Wildman–Crippen MR) is 92.2 cm³/mol. The number of rotatable bonds is 8. The normalized spacial score (nSPS) is 17.8. The summed E-state index contributed by atoms with van der Waals surface area (Å²) in [5.74, 6) is 0.524. The molecule has 0 spiro atoms. The van der Waals surface area contributed by atoms with Gasteiger partial charge in [-0.1, -0.05) is 20.8 Å². The first kappa shape index (κ1) is 16.9. The molecule has 0 bridgehead atoms. The molecule has 0 amide bonds. The fourth-order valence-corrected chi connectivity index (χ4v) is 3.93. The van der Waals surface area contributed by atoms with Gasteiger partial charge in [0.2, 0.25) is 0 Å². The van der Waals surface area contributed by atoms with E-state index in [0.29, 0.717) is 12.0 Å². The molecule has 1 fully saturated rings. The van der Waals surface area contributed by atoms with E-state index in [0.717, 1.165) is 13.0 Å². The molecule has 2 heterocycles. The molecule has 0 aromatic carbocycles. The largest absolute Gasteiger partial charge is 0.309 e. The van der Waals surface area contributed by atoms with E-state index in [1.165, 1.54) is 54.5 Å². The Hall–Kier alpha value is -0.450. The van der Waals surface area contributed by atoms with E-state index >= 15 is 0 Å². The van der Waals surface area contributed by atoms with Crippen molar-refractivity contribution >= 4 is 11.3 Å². The molecule has 21 heavy (non-hydrogen) atoms. The van der Waals surface area contributed by atoms with Crippen molar-refractivity contribution in [2.24, 2.45) is 0 Å². The third-order valence-electron chi connectivity index (χ3n) is 4.38. The zero-order valence-corrected chi connectivity index (χ0v) is 14.9. The monoisotopic (exact) mass is 309 g/mol. The van der Waals surface area contributed by atoms with Gasteiger partial charge >= 0.3 is 0 Å². The van der Waals surface area contributed by atoms with Crippen molar-refractivity contribution in [3.63, 3.8) is 0 Å². The number of hydrogen-bond donors (Lipinski definition) is 1. The first-order chi connectivity index (χ1) is 10.1. The highest BCUT2D eigenvalue weighted by molar-refractivity contribution is 7.11. The molecule has 2 rings (SSSR count). The standard InChI is InChI=1S/C17H31N3S/c1-5-14(4)18-12-15-17(13(2)3)19-16(21-15)8-11-20-9-6-7-10-20/h13-14,18H,5-12H2,1-4H3. The van der Waals surface area contributed by atoms with Crippen molar-refractivity contribution in [3.05, 3.63) is 15.6 Å². The average Bonchev–Trinajstić information content (AvgIpc) is 3.11. The molecule has 1 aromatic rings. The Morgan fingerprint density at radius 1 is 1.24 bits per heavy atom. The summed E-state index contributed by atoms with van der Waals surface area (Å²) in [5.41, 5.74) is 1.31. The number of hydrogen-bond acceptors (Lipinski definition) is 4. The second kappa shape index (κ2) is 8.25. The lowest BCUT2D eigenvalue weighted by Gasteiger charge is -2.12. The van der Waals surface area contributed by atoms with Crippen molar-refractivity contribution in [1.29, 1.82) is 0 Å². The van der Waals surface area contributed by atoms with Crippen LogP contribution in [0.1, 0.15) is 68.5 Å². The van der Waals surface area contributed by atoms with Gasteiger partial charge in [-0.2, -0.15) is 0 Å². The van der Waals surface area contributed by atoms with Crippen LogP contribution in [0.4, 0.5) is 0 Å². The quantitative estimate of drug-likeness (QED) is 0.792. The second-order valence-electron chi connectivity index (χ2n) is 6.56. The number of nitrogens with zero attached hydrogens (tertiary/aromatic N) is 2. The third-order valence-corrected chi connectivity index (χ3v) is 5.51. The van der Waals surface area contributed by atoms with Crippen molar-refractivity contribution in [1.82, 2.24) is 15.2 Å². The topological polar surface area (TPSA) is 28.2 Å². The van der Waals surface area contributed by atoms with Crippen molar-refractivity contribution in [2.75, 3.05) is 19.6 Å². The highest BCUT2D eigenvalue weighted by Crippen LogP contribution is 2.26. The Balaban J connectivity index is 1.94. The molecule has 3 nitrogen and oxygen atoms in total. The highest BCUT2D eigenvalue weighted by Gasteiger charge is 2.16. The van der Waals surface area contributed by atoms with E-state index in [-0.39, 0.29) is 0 Å². The van der Waals surface area contributed by atoms with Crippen LogP contribution in [0.2, 0.25) is 0 Å². The lowest BCUT2D eigenvalue weighted by molar-refractivity contribution is 0.343. The first-order valence-corrected chi connectivity index (χ1v) is 9.36. The minimum absolute atomic E-state index is 0.524. The van der Waals surface area contributed by atoms with Gasteiger partial charge in [-0.3, -0.25) is 0 Å². The van der Waals surface area contributed by atoms with Gasteiger partial charge in [0.05, 0.1) is 10.7 Å². The summed E-state index contributed by atoms with van der Waals surface area (Å²) in [6.45, 7) is 13.7. The van der Waals surface area contributed by atoms with Gasteiger partial charge in [0.25, 0.3) is 0 Å². The molecular formula is C17H31N3S. The fraction of sp³-hybridized carbons (Fsp3) is 0.824. The van der Waals surface area contributed by atoms with E-state index in [9.17, 15) is 0 Å². The molecule has 0 aliphatic carbocycles. The van der Waals surface area contributed by atoms with Crippen LogP contribution in [0.5, 0.6) is 0 Å². The van der Waals surface area contributed by atoms with Crippen LogP contribution in [0.25, 0.3) is 0 Å². The molecule has 1 aliphatic rings. The van der Waals surface area contributed by atoms with Crippen LogP contribution < -0.4 is 5.32 Å². The molecule has 1 unspecified atom stereocenters. The van der Waals surface area contributed by atoms with Crippen molar-refractivity contribution in [3.8, 4) is 0 Å². The molecule has 1 saturated heterocycles. The van der Waals surface area contributed by atoms with Gasteiger partial charge in [-0.05, 0) is 45.2 Å². The molecule has 0 radical (unpaired) electrons. The Morgan fingerprint density at radius 2 is 1.95 bits per heavy atom. The minimum atomic E-state index is 0.524. The number of aromatic nitrogens is 1. The zero-order valence-electron chi connectivity index (χ0n) is 14.1. The smallest absolute Gasteiger partial charge is 0.0944 e. The summed E-state index contributed by atoms with van der Waals surface area (Å²) in [5, 5.41) is 4.94. The SMILES string of the molecule is CCC(C)NCc1sc(CCN2CCCC2)nc1C(C)C. The Morgan fingerprint density at radius 3 is 2.57 bits per heavy atom. The van der Waals surface area contributed by atoms with Gasteiger partial charge < -0.3 is 10.2 Å². The summed E-state index contributed by atoms with van der Waals surface area (Å²) in [6.07, 6.45) is 5.05. The summed E-state index contributed by atoms with van der Waals surface area (Å²) >= 11 is 1.92. The van der Waals surface area contributed by atoms with Crippen LogP contribution in [-0.4, -0.2) is 35.6 Å². The molecular weight excluding hydrogens is 278 g/mol. The maximum Gasteiger partial charge on any atom is 0.0944 e. The van der Waals surface area contributed by atoms with Gasteiger partial charge in [-0.15, -0.1) is 11.3 Å². The average molecular weight is 310 g/mol. The maximum absolute atomic E-state index is 4.93. The molecule has 1 atom stereocenters. The predicted octanol–water partition coefficient (Wildman–Crippen LogP) is 3.79. The summed E-state index contributed by atoms with van der Waals surface area (Å²) in [6, 6.07) is 0.583. The molecule has 120 valence electrons. The molecule has 1 N–H and O–H groups in total. The summed E-state index contributed by atoms with van der Waals surface area (Å²) in [4.78, 5) is 8.95. The second-order valence-corrected chi connectivity index (χ2v) is 7.73. The molecule has 4 heteroatoms. The molecule has 1 aliphatic heterocycles. The van der Waals surface area contributed by atoms with Gasteiger partial charge in [0, 0.05) is 30.4 Å². The van der Waals surface area contributed by atoms with E-state index in [1.807, 2.05) is 11.3 Å². The van der Waals surface area contributed by atoms with Crippen LogP contribution in [0, 0.1) is 0 Å². The third kappa shape index (κ3) is 5.04. The zero-order chi connectivity index (χ0) is 15.2. The van der Waals surface area contributed by atoms with Crippen molar-refractivity contribution < 1.29 is 0 Å². The Kier molecular flexibility index (Phi) is 6.65. The van der Waals surface area contributed by atoms with Gasteiger partial charge in [-0.25, -0.2) is 4.98 Å². The molecule has 1 aromatic heterocycles. The van der Waals surface area contributed by atoms with E-state index in [1.54, 1.807) is 0 Å². The fourth-order valence-electron chi connectivity index (χ4n) is 2.77. The lowest BCUT2D eigenvalue weighted by atomic mass is 10.1. The first-order valence-electron chi connectivity index (χ1n) is 8.54. The van der Waals surface area contributed by atoms with Crippen LogP contribution >= 0.6 is 11.3 Å². The summed E-state index contributed by atoms with van der Waals surface area (Å²) < 4.78 is 0. The van der Waals surface area contributed by atoms with E-state index < -0.39 is 0 Å². The van der Waals surface area contributed by atoms with Crippen LogP contribution in [0.15, 0.2) is 0 Å². The van der Waals surface area contributed by atoms with Gasteiger partial charge in [0.15, 0.2) is 0 Å². The summed E-state index contributed by atoms with van der Waals surface area (Å²) in [7, 11) is 0. The van der Waals surface area contributed by atoms with E-state index in [4.69, 9.17) is 4.98 Å². The van der Waals surface area contributed by atoms with E-state index in [2.05, 4.69) is 37.9 Å². The number of nitrogens with one attached hydrogen (secondary N) is 1. The lowest BCUT2D eigenvalue weighted by Crippen LogP contribution is -2.24. The Labute approximate surface area is 134 Å². The maximum atomic E-state index is 4.93. The number of likely N-dealkylation sites (tertiary alicyclic amines) is 1. The van der Waals surface area contributed by atoms with Crippen molar-refractivity contribution in [2.45, 2.75) is 71.9 Å². The van der Waals surface area contributed by atoms with Gasteiger partial charge in [0.1, 0.15) is 0 Å².